The number of nitrogens with two attached hydrogens (primary N) is 1. The molecule has 2 N–H and O–H groups in total. The van der Waals surface area contributed by atoms with E-state index in [4.69, 9.17) is 10.5 Å². The van der Waals surface area contributed by atoms with Crippen LogP contribution in [0.2, 0.25) is 0 Å². The monoisotopic (exact) mass is 175 g/mol. The van der Waals surface area contributed by atoms with Gasteiger partial charge in [-0.1, -0.05) is 18.9 Å². The summed E-state index contributed by atoms with van der Waals surface area (Å²) in [5.74, 6) is 6.59. The van der Waals surface area contributed by atoms with Gasteiger partial charge in [-0.2, -0.15) is 0 Å². The Labute approximate surface area is 78.7 Å². The molecule has 68 valence electrons. The highest BCUT2D eigenvalue weighted by molar-refractivity contribution is 5.43. The highest BCUT2D eigenvalue weighted by atomic mass is 16.5. The Kier molecular flexibility index (Phi) is 3.72. The van der Waals surface area contributed by atoms with Crippen molar-refractivity contribution in [1.29, 1.82) is 0 Å². The van der Waals surface area contributed by atoms with E-state index in [9.17, 15) is 0 Å². The molecule has 2 nitrogen and oxygen atoms in total. The van der Waals surface area contributed by atoms with Gasteiger partial charge in [-0.15, -0.1) is 5.92 Å². The molecule has 0 aliphatic rings. The van der Waals surface area contributed by atoms with Gasteiger partial charge in [0.2, 0.25) is 0 Å². The number of nitrogen functional groups attached to an aromatic ring is 1. The summed E-state index contributed by atoms with van der Waals surface area (Å²) in [6, 6.07) is 7.33. The van der Waals surface area contributed by atoms with Crippen LogP contribution in [-0.2, 0) is 0 Å². The van der Waals surface area contributed by atoms with Gasteiger partial charge < -0.3 is 10.5 Å². The SMILES string of the molecule is CCC#CCOc1cccc(N)c1. The molecule has 0 saturated heterocycles. The zero-order valence-corrected chi connectivity index (χ0v) is 7.71. The molecule has 13 heavy (non-hydrogen) atoms. The maximum atomic E-state index is 5.57. The predicted octanol–water partition coefficient (Wildman–Crippen LogP) is 2.06. The van der Waals surface area contributed by atoms with E-state index in [1.165, 1.54) is 0 Å². The van der Waals surface area contributed by atoms with Crippen LogP contribution >= 0.6 is 0 Å². The molecule has 0 heterocycles. The fourth-order valence-corrected chi connectivity index (χ4v) is 0.900. The number of rotatable bonds is 2. The van der Waals surface area contributed by atoms with Gasteiger partial charge in [0.25, 0.3) is 0 Å². The van der Waals surface area contributed by atoms with Gasteiger partial charge in [0, 0.05) is 18.2 Å². The van der Waals surface area contributed by atoms with Crippen molar-refractivity contribution in [3.63, 3.8) is 0 Å². The normalized spacial score (nSPS) is 8.69. The van der Waals surface area contributed by atoms with Crippen LogP contribution in [0.25, 0.3) is 0 Å². The van der Waals surface area contributed by atoms with Crippen LogP contribution in [0.1, 0.15) is 13.3 Å². The fraction of sp³-hybridized carbons (Fsp3) is 0.273. The van der Waals surface area contributed by atoms with Crippen molar-refractivity contribution in [3.8, 4) is 17.6 Å². The zero-order chi connectivity index (χ0) is 9.52. The molecule has 1 rings (SSSR count). The van der Waals surface area contributed by atoms with E-state index in [1.54, 1.807) is 6.07 Å². The van der Waals surface area contributed by atoms with Crippen molar-refractivity contribution in [2.45, 2.75) is 13.3 Å². The van der Waals surface area contributed by atoms with Crippen LogP contribution in [-0.4, -0.2) is 6.61 Å². The lowest BCUT2D eigenvalue weighted by Crippen LogP contribution is -1.94. The van der Waals surface area contributed by atoms with Crippen LogP contribution in [0.5, 0.6) is 5.75 Å². The molecule has 0 amide bonds. The molecule has 0 aliphatic carbocycles. The van der Waals surface area contributed by atoms with Crippen molar-refractivity contribution in [2.75, 3.05) is 12.3 Å². The summed E-state index contributed by atoms with van der Waals surface area (Å²) < 4.78 is 5.34. The van der Waals surface area contributed by atoms with Crippen LogP contribution in [0.4, 0.5) is 5.69 Å². The van der Waals surface area contributed by atoms with Gasteiger partial charge in [0.05, 0.1) is 0 Å². The second-order valence-corrected chi connectivity index (χ2v) is 2.57. The van der Waals surface area contributed by atoms with E-state index in [0.717, 1.165) is 12.2 Å². The quantitative estimate of drug-likeness (QED) is 0.551. The summed E-state index contributed by atoms with van der Waals surface area (Å²) in [5, 5.41) is 0. The Morgan fingerprint density at radius 2 is 2.23 bits per heavy atom. The summed E-state index contributed by atoms with van der Waals surface area (Å²) in [6.45, 7) is 2.44. The van der Waals surface area contributed by atoms with E-state index in [1.807, 2.05) is 25.1 Å². The van der Waals surface area contributed by atoms with Gasteiger partial charge in [-0.25, -0.2) is 0 Å². The predicted molar refractivity (Wildman–Crippen MR) is 54.4 cm³/mol. The van der Waals surface area contributed by atoms with Crippen LogP contribution < -0.4 is 10.5 Å². The number of benzene rings is 1. The van der Waals surface area contributed by atoms with E-state index in [-0.39, 0.29) is 0 Å². The van der Waals surface area contributed by atoms with E-state index in [2.05, 4.69) is 11.8 Å². The molecular weight excluding hydrogens is 162 g/mol. The average Bonchev–Trinajstić information content (AvgIpc) is 2.13. The second kappa shape index (κ2) is 5.10. The first-order chi connectivity index (χ1) is 6.33. The van der Waals surface area contributed by atoms with E-state index >= 15 is 0 Å². The molecule has 1 aromatic carbocycles. The van der Waals surface area contributed by atoms with Crippen molar-refractivity contribution in [3.05, 3.63) is 24.3 Å². The van der Waals surface area contributed by atoms with Crippen molar-refractivity contribution < 1.29 is 4.74 Å². The smallest absolute Gasteiger partial charge is 0.149 e. The van der Waals surface area contributed by atoms with Crippen molar-refractivity contribution in [2.24, 2.45) is 0 Å². The van der Waals surface area contributed by atoms with Crippen LogP contribution in [0.3, 0.4) is 0 Å². The summed E-state index contributed by atoms with van der Waals surface area (Å²) in [5.41, 5.74) is 6.28. The highest BCUT2D eigenvalue weighted by Gasteiger charge is 1.90. The molecule has 1 aromatic rings. The Hall–Kier alpha value is -1.62. The van der Waals surface area contributed by atoms with Gasteiger partial charge in [0.1, 0.15) is 12.4 Å². The third-order valence-corrected chi connectivity index (χ3v) is 1.47. The minimum absolute atomic E-state index is 0.428. The molecule has 0 atom stereocenters. The third kappa shape index (κ3) is 3.53. The third-order valence-electron chi connectivity index (χ3n) is 1.47. The van der Waals surface area contributed by atoms with E-state index in [0.29, 0.717) is 12.3 Å². The number of anilines is 1. The second-order valence-electron chi connectivity index (χ2n) is 2.57. The maximum Gasteiger partial charge on any atom is 0.149 e. The fourth-order valence-electron chi connectivity index (χ4n) is 0.900. The number of hydrogen-bond donors (Lipinski definition) is 1. The highest BCUT2D eigenvalue weighted by Crippen LogP contribution is 2.13. The van der Waals surface area contributed by atoms with Gasteiger partial charge in [-0.3, -0.25) is 0 Å². The molecule has 0 aliphatic heterocycles. The van der Waals surface area contributed by atoms with Crippen molar-refractivity contribution >= 4 is 5.69 Å². The first-order valence-corrected chi connectivity index (χ1v) is 4.27. The Morgan fingerprint density at radius 3 is 2.92 bits per heavy atom. The van der Waals surface area contributed by atoms with Gasteiger partial charge >= 0.3 is 0 Å². The number of ether oxygens (including phenoxy) is 1. The van der Waals surface area contributed by atoms with Gasteiger partial charge in [0.15, 0.2) is 0 Å². The Bertz CT molecular complexity index is 322. The van der Waals surface area contributed by atoms with E-state index < -0.39 is 0 Å². The maximum absolute atomic E-state index is 5.57. The molecule has 0 fully saturated rings. The zero-order valence-electron chi connectivity index (χ0n) is 7.71. The van der Waals surface area contributed by atoms with Crippen LogP contribution in [0.15, 0.2) is 24.3 Å². The Balaban J connectivity index is 2.45. The molecule has 0 radical (unpaired) electrons. The minimum atomic E-state index is 0.428. The topological polar surface area (TPSA) is 35.2 Å². The standard InChI is InChI=1S/C11H13NO/c1-2-3-4-8-13-11-7-5-6-10(12)9-11/h5-7,9H,2,8,12H2,1H3. The largest absolute Gasteiger partial charge is 0.481 e. The summed E-state index contributed by atoms with van der Waals surface area (Å²) in [4.78, 5) is 0. The van der Waals surface area contributed by atoms with Crippen molar-refractivity contribution in [1.82, 2.24) is 0 Å². The molecular formula is C11H13NO. The lowest BCUT2D eigenvalue weighted by Gasteiger charge is -2.01. The molecule has 0 aromatic heterocycles. The first-order valence-electron chi connectivity index (χ1n) is 4.27. The first kappa shape index (κ1) is 9.47. The summed E-state index contributed by atoms with van der Waals surface area (Å²) in [7, 11) is 0. The molecule has 0 saturated carbocycles. The summed E-state index contributed by atoms with van der Waals surface area (Å²) in [6.07, 6.45) is 0.861. The number of hydrogen-bond acceptors (Lipinski definition) is 2. The molecule has 0 unspecified atom stereocenters. The lowest BCUT2D eigenvalue weighted by atomic mass is 10.3. The molecule has 2 heteroatoms. The Morgan fingerprint density at radius 1 is 1.38 bits per heavy atom. The molecule has 0 spiro atoms. The summed E-state index contributed by atoms with van der Waals surface area (Å²) >= 11 is 0. The minimum Gasteiger partial charge on any atom is -0.481 e. The van der Waals surface area contributed by atoms with Gasteiger partial charge in [-0.05, 0) is 12.1 Å². The average molecular weight is 175 g/mol. The lowest BCUT2D eigenvalue weighted by molar-refractivity contribution is 0.370. The molecule has 0 bridgehead atoms. The van der Waals surface area contributed by atoms with Crippen LogP contribution in [0, 0.1) is 11.8 Å².